The van der Waals surface area contributed by atoms with E-state index in [1.54, 1.807) is 0 Å². The fourth-order valence-electron chi connectivity index (χ4n) is 3.28. The number of aromatic nitrogens is 1. The van der Waals surface area contributed by atoms with Gasteiger partial charge in [-0.25, -0.2) is 4.79 Å². The third-order valence-corrected chi connectivity index (χ3v) is 4.71. The molecule has 5 nitrogen and oxygen atoms in total. The van der Waals surface area contributed by atoms with Crippen LogP contribution < -0.4 is 0 Å². The zero-order chi connectivity index (χ0) is 17.8. The number of carbonyl (C=O) groups is 1. The Bertz CT molecular complexity index is 756. The first-order chi connectivity index (χ1) is 12.1. The van der Waals surface area contributed by atoms with Crippen molar-refractivity contribution in [1.29, 1.82) is 0 Å². The highest BCUT2D eigenvalue weighted by Gasteiger charge is 2.26. The molecule has 0 bridgehead atoms. The minimum absolute atomic E-state index is 0.105. The molecular formula is C20H26N2O3. The molecule has 0 unspecified atom stereocenters. The molecule has 0 saturated heterocycles. The number of ether oxygens (including phenoxy) is 1. The van der Waals surface area contributed by atoms with E-state index in [-0.39, 0.29) is 12.6 Å². The number of carbonyl (C=O) groups excluding carboxylic acids is 1. The summed E-state index contributed by atoms with van der Waals surface area (Å²) < 4.78 is 5.29. The van der Waals surface area contributed by atoms with Gasteiger partial charge in [0.1, 0.15) is 0 Å². The Hall–Kier alpha value is -1.98. The van der Waals surface area contributed by atoms with E-state index < -0.39 is 0 Å². The maximum Gasteiger partial charge on any atom is 0.340 e. The zero-order valence-electron chi connectivity index (χ0n) is 15.0. The van der Waals surface area contributed by atoms with E-state index in [2.05, 4.69) is 4.90 Å². The van der Waals surface area contributed by atoms with Gasteiger partial charge in [0, 0.05) is 25.0 Å². The summed E-state index contributed by atoms with van der Waals surface area (Å²) in [6.07, 6.45) is 2.49. The largest absolute Gasteiger partial charge is 0.462 e. The lowest BCUT2D eigenvalue weighted by atomic mass is 10.0. The lowest BCUT2D eigenvalue weighted by Gasteiger charge is -2.23. The van der Waals surface area contributed by atoms with Crippen molar-refractivity contribution < 1.29 is 14.6 Å². The number of fused-ring (bicyclic) bond motifs is 1. The Labute approximate surface area is 148 Å². The zero-order valence-corrected chi connectivity index (χ0v) is 15.0. The summed E-state index contributed by atoms with van der Waals surface area (Å²) in [5, 5.41) is 10.4. The quantitative estimate of drug-likeness (QED) is 0.747. The first kappa shape index (κ1) is 17.8. The van der Waals surface area contributed by atoms with Crippen molar-refractivity contribution >= 4 is 16.9 Å². The molecule has 134 valence electrons. The van der Waals surface area contributed by atoms with Gasteiger partial charge in [-0.15, -0.1) is 0 Å². The molecular weight excluding hydrogens is 316 g/mol. The topological polar surface area (TPSA) is 62.7 Å². The molecule has 5 heteroatoms. The minimum atomic E-state index is -0.316. The number of hydrogen-bond acceptors (Lipinski definition) is 5. The molecule has 1 N–H and O–H groups in total. The number of nitrogens with zero attached hydrogens (tertiary/aromatic N) is 2. The van der Waals surface area contributed by atoms with Gasteiger partial charge in [-0.1, -0.05) is 18.2 Å². The van der Waals surface area contributed by atoms with Gasteiger partial charge >= 0.3 is 5.97 Å². The summed E-state index contributed by atoms with van der Waals surface area (Å²) in [6, 6.07) is 7.87. The number of pyridine rings is 1. The van der Waals surface area contributed by atoms with Crippen molar-refractivity contribution in [2.75, 3.05) is 26.3 Å². The van der Waals surface area contributed by atoms with Crippen LogP contribution in [0.1, 0.15) is 41.4 Å². The number of esters is 1. The molecule has 0 atom stereocenters. The molecule has 1 aliphatic rings. The molecule has 0 aliphatic heterocycles. The van der Waals surface area contributed by atoms with Crippen molar-refractivity contribution in [2.24, 2.45) is 5.92 Å². The van der Waals surface area contributed by atoms with E-state index in [1.165, 1.54) is 12.8 Å². The highest BCUT2D eigenvalue weighted by molar-refractivity contribution is 5.98. The number of benzene rings is 1. The van der Waals surface area contributed by atoms with Crippen LogP contribution in [0.2, 0.25) is 0 Å². The molecule has 1 heterocycles. The third kappa shape index (κ3) is 4.17. The van der Waals surface area contributed by atoms with Crippen LogP contribution in [-0.4, -0.2) is 47.3 Å². The second-order valence-corrected chi connectivity index (χ2v) is 6.70. The smallest absolute Gasteiger partial charge is 0.340 e. The molecule has 1 fully saturated rings. The standard InChI is InChI=1S/C20H26N2O3/c1-3-25-20(24)19-14(2)16-6-4-5-7-17(16)21-18(19)13-22(10-11-23)12-15-8-9-15/h4-7,15,23H,3,8-13H2,1-2H3. The van der Waals surface area contributed by atoms with Gasteiger partial charge in [0.05, 0.1) is 30.0 Å². The Kier molecular flexibility index (Phi) is 5.66. The van der Waals surface area contributed by atoms with E-state index in [4.69, 9.17) is 9.72 Å². The third-order valence-electron chi connectivity index (χ3n) is 4.71. The predicted molar refractivity (Wildman–Crippen MR) is 97.5 cm³/mol. The summed E-state index contributed by atoms with van der Waals surface area (Å²) >= 11 is 0. The Morgan fingerprint density at radius 2 is 2.12 bits per heavy atom. The number of aliphatic hydroxyl groups is 1. The van der Waals surface area contributed by atoms with Gasteiger partial charge in [0.2, 0.25) is 0 Å². The molecule has 2 aromatic rings. The summed E-state index contributed by atoms with van der Waals surface area (Å²) in [7, 11) is 0. The molecule has 1 saturated carbocycles. The number of rotatable bonds is 8. The van der Waals surface area contributed by atoms with E-state index in [1.807, 2.05) is 38.1 Å². The van der Waals surface area contributed by atoms with Gasteiger partial charge < -0.3 is 9.84 Å². The lowest BCUT2D eigenvalue weighted by molar-refractivity contribution is 0.0522. The SMILES string of the molecule is CCOC(=O)c1c(CN(CCO)CC2CC2)nc2ccccc2c1C. The summed E-state index contributed by atoms with van der Waals surface area (Å²) in [5.41, 5.74) is 3.11. The van der Waals surface area contributed by atoms with Gasteiger partial charge in [-0.2, -0.15) is 0 Å². The predicted octanol–water partition coefficient (Wildman–Crippen LogP) is 2.92. The van der Waals surface area contributed by atoms with Crippen LogP contribution in [-0.2, 0) is 11.3 Å². The van der Waals surface area contributed by atoms with Crippen LogP contribution in [0.3, 0.4) is 0 Å². The summed E-state index contributed by atoms with van der Waals surface area (Å²) in [4.78, 5) is 19.5. The van der Waals surface area contributed by atoms with Crippen molar-refractivity contribution in [2.45, 2.75) is 33.2 Å². The van der Waals surface area contributed by atoms with Crippen LogP contribution in [0.15, 0.2) is 24.3 Å². The van der Waals surface area contributed by atoms with Gasteiger partial charge in [0.25, 0.3) is 0 Å². The Morgan fingerprint density at radius 1 is 1.36 bits per heavy atom. The fraction of sp³-hybridized carbons (Fsp3) is 0.500. The molecule has 0 spiro atoms. The van der Waals surface area contributed by atoms with Gasteiger partial charge in [-0.3, -0.25) is 9.88 Å². The van der Waals surface area contributed by atoms with Crippen LogP contribution in [0.5, 0.6) is 0 Å². The second kappa shape index (κ2) is 7.93. The minimum Gasteiger partial charge on any atom is -0.462 e. The molecule has 0 amide bonds. The normalized spacial score (nSPS) is 14.2. The van der Waals surface area contributed by atoms with Crippen molar-refractivity contribution in [3.05, 3.63) is 41.1 Å². The molecule has 0 radical (unpaired) electrons. The summed E-state index contributed by atoms with van der Waals surface area (Å²) in [5.74, 6) is 0.391. The summed E-state index contributed by atoms with van der Waals surface area (Å²) in [6.45, 7) is 6.30. The fourth-order valence-corrected chi connectivity index (χ4v) is 3.28. The Balaban J connectivity index is 2.00. The van der Waals surface area contributed by atoms with Crippen LogP contribution in [0, 0.1) is 12.8 Å². The van der Waals surface area contributed by atoms with Gasteiger partial charge in [-0.05, 0) is 44.2 Å². The number of hydrogen-bond donors (Lipinski definition) is 1. The van der Waals surface area contributed by atoms with E-state index in [0.29, 0.717) is 31.2 Å². The average Bonchev–Trinajstić information content (AvgIpc) is 3.39. The first-order valence-corrected chi connectivity index (χ1v) is 9.02. The van der Waals surface area contributed by atoms with Crippen LogP contribution in [0.4, 0.5) is 0 Å². The average molecular weight is 342 g/mol. The highest BCUT2D eigenvalue weighted by Crippen LogP contribution is 2.31. The molecule has 1 aliphatic carbocycles. The maximum atomic E-state index is 12.6. The molecule has 1 aromatic heterocycles. The first-order valence-electron chi connectivity index (χ1n) is 9.02. The van der Waals surface area contributed by atoms with Crippen LogP contribution in [0.25, 0.3) is 10.9 Å². The van der Waals surface area contributed by atoms with E-state index in [0.717, 1.165) is 28.7 Å². The lowest BCUT2D eigenvalue weighted by Crippen LogP contribution is -2.30. The highest BCUT2D eigenvalue weighted by atomic mass is 16.5. The molecule has 1 aromatic carbocycles. The monoisotopic (exact) mass is 342 g/mol. The van der Waals surface area contributed by atoms with Crippen molar-refractivity contribution in [3.63, 3.8) is 0 Å². The van der Waals surface area contributed by atoms with Gasteiger partial charge in [0.15, 0.2) is 0 Å². The Morgan fingerprint density at radius 3 is 2.80 bits per heavy atom. The van der Waals surface area contributed by atoms with Crippen molar-refractivity contribution in [1.82, 2.24) is 9.88 Å². The maximum absolute atomic E-state index is 12.6. The van der Waals surface area contributed by atoms with Crippen LogP contribution >= 0.6 is 0 Å². The number of aliphatic hydroxyl groups excluding tert-OH is 1. The van der Waals surface area contributed by atoms with E-state index in [9.17, 15) is 9.90 Å². The molecule has 25 heavy (non-hydrogen) atoms. The van der Waals surface area contributed by atoms with E-state index >= 15 is 0 Å². The number of para-hydroxylation sites is 1. The van der Waals surface area contributed by atoms with Crippen molar-refractivity contribution in [3.8, 4) is 0 Å². The number of aryl methyl sites for hydroxylation is 1. The second-order valence-electron chi connectivity index (χ2n) is 6.70. The molecule has 3 rings (SSSR count).